The van der Waals surface area contributed by atoms with Gasteiger partial charge in [-0.05, 0) is 23.6 Å². The molecular formula is C12H16N2S. The normalized spacial score (nSPS) is 9.20. The molecule has 0 unspecified atom stereocenters. The van der Waals surface area contributed by atoms with Crippen molar-refractivity contribution in [2.45, 2.75) is 20.3 Å². The third-order valence-electron chi connectivity index (χ3n) is 1.54. The van der Waals surface area contributed by atoms with E-state index in [0.29, 0.717) is 5.82 Å². The number of hydrogen-bond acceptors (Lipinski definition) is 3. The quantitative estimate of drug-likeness (QED) is 0.793. The van der Waals surface area contributed by atoms with Crippen molar-refractivity contribution in [3.05, 3.63) is 35.7 Å². The van der Waals surface area contributed by atoms with Crippen LogP contribution in [0.2, 0.25) is 0 Å². The first kappa shape index (κ1) is 11.7. The average molecular weight is 220 g/mol. The van der Waals surface area contributed by atoms with Gasteiger partial charge in [0.1, 0.15) is 5.82 Å². The Morgan fingerprint density at radius 2 is 1.93 bits per heavy atom. The van der Waals surface area contributed by atoms with E-state index in [2.05, 4.69) is 18.8 Å². The number of hydrogen-bond donors (Lipinski definition) is 1. The van der Waals surface area contributed by atoms with E-state index < -0.39 is 0 Å². The number of nitrogens with zero attached hydrogens (tertiary/aromatic N) is 1. The van der Waals surface area contributed by atoms with Gasteiger partial charge in [-0.25, -0.2) is 4.98 Å². The van der Waals surface area contributed by atoms with Crippen LogP contribution < -0.4 is 5.73 Å². The summed E-state index contributed by atoms with van der Waals surface area (Å²) in [5.74, 6) is 0.570. The Bertz CT molecular complexity index is 382. The molecule has 0 aromatic carbocycles. The number of nitrogens with two attached hydrogens (primary N) is 1. The average Bonchev–Trinajstić information content (AvgIpc) is 2.71. The number of nitrogen functional groups attached to an aromatic ring is 1. The minimum absolute atomic E-state index is 0.570. The number of thiophene rings is 1. The van der Waals surface area contributed by atoms with E-state index in [-0.39, 0.29) is 0 Å². The van der Waals surface area contributed by atoms with Gasteiger partial charge in [-0.3, -0.25) is 0 Å². The predicted molar refractivity (Wildman–Crippen MR) is 67.9 cm³/mol. The van der Waals surface area contributed by atoms with E-state index in [1.54, 1.807) is 17.4 Å². The second-order valence-electron chi connectivity index (χ2n) is 3.13. The van der Waals surface area contributed by atoms with Crippen LogP contribution in [0.1, 0.15) is 20.3 Å². The van der Waals surface area contributed by atoms with Gasteiger partial charge in [-0.2, -0.15) is 0 Å². The SMILES string of the molecule is CCC.Nc1cccc(-c2cccs2)n1. The maximum absolute atomic E-state index is 5.56. The molecule has 2 aromatic heterocycles. The Balaban J connectivity index is 0.000000337. The molecule has 0 aliphatic heterocycles. The summed E-state index contributed by atoms with van der Waals surface area (Å²) in [4.78, 5) is 5.36. The molecule has 0 radical (unpaired) electrons. The monoisotopic (exact) mass is 220 g/mol. The molecule has 0 amide bonds. The van der Waals surface area contributed by atoms with E-state index in [0.717, 1.165) is 10.6 Å². The van der Waals surface area contributed by atoms with E-state index in [1.807, 2.05) is 29.6 Å². The topological polar surface area (TPSA) is 38.9 Å². The van der Waals surface area contributed by atoms with E-state index in [4.69, 9.17) is 5.73 Å². The van der Waals surface area contributed by atoms with Crippen molar-refractivity contribution in [2.75, 3.05) is 5.73 Å². The van der Waals surface area contributed by atoms with Crippen molar-refractivity contribution in [3.8, 4) is 10.6 Å². The van der Waals surface area contributed by atoms with E-state index in [1.165, 1.54) is 6.42 Å². The first-order chi connectivity index (χ1) is 7.27. The van der Waals surface area contributed by atoms with Gasteiger partial charge in [0.15, 0.2) is 0 Å². The van der Waals surface area contributed by atoms with Crippen LogP contribution in [-0.4, -0.2) is 4.98 Å². The first-order valence-corrected chi connectivity index (χ1v) is 5.92. The van der Waals surface area contributed by atoms with Crippen molar-refractivity contribution >= 4 is 17.2 Å². The summed E-state index contributed by atoms with van der Waals surface area (Å²) in [5.41, 5.74) is 6.51. The maximum Gasteiger partial charge on any atom is 0.124 e. The highest BCUT2D eigenvalue weighted by molar-refractivity contribution is 7.13. The highest BCUT2D eigenvalue weighted by Crippen LogP contribution is 2.22. The lowest BCUT2D eigenvalue weighted by Gasteiger charge is -1.96. The van der Waals surface area contributed by atoms with Gasteiger partial charge >= 0.3 is 0 Å². The van der Waals surface area contributed by atoms with Crippen LogP contribution in [0.5, 0.6) is 0 Å². The molecule has 0 saturated carbocycles. The zero-order valence-corrected chi connectivity index (χ0v) is 9.92. The molecule has 0 spiro atoms. The molecule has 0 aliphatic carbocycles. The van der Waals surface area contributed by atoms with Crippen LogP contribution >= 0.6 is 11.3 Å². The Morgan fingerprint density at radius 1 is 1.20 bits per heavy atom. The van der Waals surface area contributed by atoms with Gasteiger partial charge < -0.3 is 5.73 Å². The van der Waals surface area contributed by atoms with Crippen molar-refractivity contribution in [1.29, 1.82) is 0 Å². The second kappa shape index (κ2) is 6.19. The van der Waals surface area contributed by atoms with Crippen LogP contribution in [-0.2, 0) is 0 Å². The van der Waals surface area contributed by atoms with Gasteiger partial charge in [0.2, 0.25) is 0 Å². The lowest BCUT2D eigenvalue weighted by molar-refractivity contribution is 1.09. The summed E-state index contributed by atoms with van der Waals surface area (Å²) in [6.45, 7) is 4.25. The van der Waals surface area contributed by atoms with Crippen molar-refractivity contribution in [1.82, 2.24) is 4.98 Å². The Kier molecular flexibility index (Phi) is 4.84. The van der Waals surface area contributed by atoms with Crippen LogP contribution in [0.4, 0.5) is 5.82 Å². The molecule has 0 saturated heterocycles. The molecule has 80 valence electrons. The lowest BCUT2D eigenvalue weighted by Crippen LogP contribution is -1.89. The number of anilines is 1. The standard InChI is InChI=1S/C9H8N2S.C3H8/c10-9-5-1-3-7(11-9)8-4-2-6-12-8;1-3-2/h1-6H,(H2,10,11);3H2,1-2H3. The molecule has 0 bridgehead atoms. The Morgan fingerprint density at radius 3 is 2.47 bits per heavy atom. The minimum Gasteiger partial charge on any atom is -0.384 e. The summed E-state index contributed by atoms with van der Waals surface area (Å²) < 4.78 is 0. The number of pyridine rings is 1. The van der Waals surface area contributed by atoms with Gasteiger partial charge in [0.25, 0.3) is 0 Å². The molecule has 2 aromatic rings. The molecule has 2 N–H and O–H groups in total. The fourth-order valence-electron chi connectivity index (χ4n) is 1.01. The smallest absolute Gasteiger partial charge is 0.124 e. The van der Waals surface area contributed by atoms with Crippen molar-refractivity contribution in [3.63, 3.8) is 0 Å². The van der Waals surface area contributed by atoms with Gasteiger partial charge in [-0.1, -0.05) is 32.4 Å². The molecule has 2 heterocycles. The second-order valence-corrected chi connectivity index (χ2v) is 4.08. The zero-order chi connectivity index (χ0) is 11.1. The summed E-state index contributed by atoms with van der Waals surface area (Å²) in [7, 11) is 0. The highest BCUT2D eigenvalue weighted by Gasteiger charge is 1.98. The molecular weight excluding hydrogens is 204 g/mol. The molecule has 15 heavy (non-hydrogen) atoms. The fraction of sp³-hybridized carbons (Fsp3) is 0.250. The molecule has 3 heteroatoms. The van der Waals surface area contributed by atoms with Gasteiger partial charge in [-0.15, -0.1) is 11.3 Å². The van der Waals surface area contributed by atoms with Crippen LogP contribution in [0.15, 0.2) is 35.7 Å². The van der Waals surface area contributed by atoms with E-state index >= 15 is 0 Å². The fourth-order valence-corrected chi connectivity index (χ4v) is 1.71. The van der Waals surface area contributed by atoms with E-state index in [9.17, 15) is 0 Å². The van der Waals surface area contributed by atoms with Crippen molar-refractivity contribution < 1.29 is 0 Å². The maximum atomic E-state index is 5.56. The summed E-state index contributed by atoms with van der Waals surface area (Å²) in [6, 6.07) is 9.70. The van der Waals surface area contributed by atoms with Gasteiger partial charge in [0, 0.05) is 0 Å². The van der Waals surface area contributed by atoms with Crippen molar-refractivity contribution in [2.24, 2.45) is 0 Å². The number of rotatable bonds is 1. The third kappa shape index (κ3) is 3.72. The largest absolute Gasteiger partial charge is 0.384 e. The van der Waals surface area contributed by atoms with Crippen LogP contribution in [0.3, 0.4) is 0 Å². The lowest BCUT2D eigenvalue weighted by atomic mass is 10.3. The van der Waals surface area contributed by atoms with Gasteiger partial charge in [0.05, 0.1) is 10.6 Å². The minimum atomic E-state index is 0.570. The molecule has 2 nitrogen and oxygen atoms in total. The first-order valence-electron chi connectivity index (χ1n) is 5.04. The molecule has 0 aliphatic rings. The summed E-state index contributed by atoms with van der Waals surface area (Å²) >= 11 is 1.67. The van der Waals surface area contributed by atoms with Crippen LogP contribution in [0.25, 0.3) is 10.6 Å². The summed E-state index contributed by atoms with van der Waals surface area (Å²) in [5, 5.41) is 2.03. The Labute approximate surface area is 94.8 Å². The van der Waals surface area contributed by atoms with Crippen LogP contribution in [0, 0.1) is 0 Å². The Hall–Kier alpha value is -1.35. The zero-order valence-electron chi connectivity index (χ0n) is 9.10. The highest BCUT2D eigenvalue weighted by atomic mass is 32.1. The molecule has 0 atom stereocenters. The summed E-state index contributed by atoms with van der Waals surface area (Å²) in [6.07, 6.45) is 1.25. The third-order valence-corrected chi connectivity index (χ3v) is 2.44. The molecule has 2 rings (SSSR count). The number of aromatic nitrogens is 1. The molecule has 0 fully saturated rings. The predicted octanol–water partition coefficient (Wildman–Crippen LogP) is 3.81.